The van der Waals surface area contributed by atoms with Crippen LogP contribution in [0.15, 0.2) is 18.2 Å². The first kappa shape index (κ1) is 12.9. The Hall–Kier alpha value is -1.55. The summed E-state index contributed by atoms with van der Waals surface area (Å²) in [5, 5.41) is 3.34. The number of carbonyl (C=O) groups excluding carboxylic acids is 1. The lowest BCUT2D eigenvalue weighted by atomic mass is 9.99. The van der Waals surface area contributed by atoms with Gasteiger partial charge in [-0.1, -0.05) is 12.1 Å². The molecule has 0 fully saturated rings. The minimum absolute atomic E-state index is 0.0540. The number of benzene rings is 1. The number of carbonyl (C=O) groups is 1. The largest absolute Gasteiger partial charge is 0.384 e. The highest BCUT2D eigenvalue weighted by molar-refractivity contribution is 6.00. The Morgan fingerprint density at radius 1 is 1.50 bits per heavy atom. The molecule has 0 spiro atoms. The minimum atomic E-state index is 0.0540. The van der Waals surface area contributed by atoms with E-state index in [1.54, 1.807) is 12.0 Å². The lowest BCUT2D eigenvalue weighted by molar-refractivity contribution is 0.0745. The van der Waals surface area contributed by atoms with Gasteiger partial charge in [0.2, 0.25) is 0 Å². The van der Waals surface area contributed by atoms with Crippen molar-refractivity contribution in [1.29, 1.82) is 0 Å². The van der Waals surface area contributed by atoms with Crippen molar-refractivity contribution >= 4 is 11.6 Å². The number of likely N-dealkylation sites (N-methyl/N-ethyl adjacent to an activating group) is 1. The van der Waals surface area contributed by atoms with Crippen LogP contribution in [0.2, 0.25) is 0 Å². The van der Waals surface area contributed by atoms with Crippen LogP contribution in [0.3, 0.4) is 0 Å². The van der Waals surface area contributed by atoms with Crippen LogP contribution in [0.5, 0.6) is 0 Å². The lowest BCUT2D eigenvalue weighted by Gasteiger charge is -2.23. The summed E-state index contributed by atoms with van der Waals surface area (Å²) in [6, 6.07) is 5.94. The Morgan fingerprint density at radius 3 is 3.11 bits per heavy atom. The highest BCUT2D eigenvalue weighted by atomic mass is 16.5. The zero-order valence-electron chi connectivity index (χ0n) is 11.0. The number of fused-ring (bicyclic) bond motifs is 1. The number of methoxy groups -OCH3 is 1. The van der Waals surface area contributed by atoms with Crippen LogP contribution in [-0.4, -0.2) is 44.7 Å². The Bertz CT molecular complexity index is 432. The number of amides is 1. The number of nitrogens with one attached hydrogen (secondary N) is 1. The van der Waals surface area contributed by atoms with Gasteiger partial charge in [0.05, 0.1) is 17.9 Å². The summed E-state index contributed by atoms with van der Waals surface area (Å²) in [6.07, 6.45) is 2.18. The molecule has 1 aromatic rings. The molecule has 2 rings (SSSR count). The van der Waals surface area contributed by atoms with Crippen molar-refractivity contribution < 1.29 is 9.53 Å². The van der Waals surface area contributed by atoms with Gasteiger partial charge in [-0.2, -0.15) is 0 Å². The van der Waals surface area contributed by atoms with E-state index in [2.05, 4.69) is 11.4 Å². The maximum absolute atomic E-state index is 12.4. The molecule has 1 N–H and O–H groups in total. The number of para-hydroxylation sites is 1. The highest BCUT2D eigenvalue weighted by Crippen LogP contribution is 2.26. The average molecular weight is 248 g/mol. The summed E-state index contributed by atoms with van der Waals surface area (Å²) < 4.78 is 5.00. The van der Waals surface area contributed by atoms with Crippen molar-refractivity contribution in [3.8, 4) is 0 Å². The quantitative estimate of drug-likeness (QED) is 0.883. The summed E-state index contributed by atoms with van der Waals surface area (Å²) >= 11 is 0. The van der Waals surface area contributed by atoms with Crippen LogP contribution in [0.4, 0.5) is 5.69 Å². The van der Waals surface area contributed by atoms with Gasteiger partial charge in [-0.3, -0.25) is 4.79 Å². The first-order valence-corrected chi connectivity index (χ1v) is 6.34. The number of hydrogen-bond acceptors (Lipinski definition) is 3. The van der Waals surface area contributed by atoms with E-state index in [1.165, 1.54) is 5.56 Å². The molecule has 0 unspecified atom stereocenters. The molecular formula is C14H20N2O2. The molecule has 4 heteroatoms. The summed E-state index contributed by atoms with van der Waals surface area (Å²) in [5.74, 6) is 0.0540. The van der Waals surface area contributed by atoms with E-state index in [1.807, 2.05) is 19.2 Å². The fourth-order valence-corrected chi connectivity index (χ4v) is 2.22. The molecule has 98 valence electrons. The Morgan fingerprint density at radius 2 is 2.33 bits per heavy atom. The summed E-state index contributed by atoms with van der Waals surface area (Å²) in [4.78, 5) is 14.1. The first-order chi connectivity index (χ1) is 8.74. The molecule has 0 saturated heterocycles. The number of ether oxygens (including phenoxy) is 1. The van der Waals surface area contributed by atoms with Crippen molar-refractivity contribution in [2.75, 3.05) is 39.2 Å². The number of anilines is 1. The third-order valence-corrected chi connectivity index (χ3v) is 3.28. The second kappa shape index (κ2) is 5.87. The predicted molar refractivity (Wildman–Crippen MR) is 72.1 cm³/mol. The van der Waals surface area contributed by atoms with Gasteiger partial charge in [0.15, 0.2) is 0 Å². The summed E-state index contributed by atoms with van der Waals surface area (Å²) in [7, 11) is 3.45. The van der Waals surface area contributed by atoms with Crippen molar-refractivity contribution in [1.82, 2.24) is 4.90 Å². The van der Waals surface area contributed by atoms with Crippen molar-refractivity contribution in [2.24, 2.45) is 0 Å². The molecule has 1 aliphatic heterocycles. The van der Waals surface area contributed by atoms with Crippen molar-refractivity contribution in [3.63, 3.8) is 0 Å². The molecule has 0 bridgehead atoms. The zero-order chi connectivity index (χ0) is 13.0. The fourth-order valence-electron chi connectivity index (χ4n) is 2.22. The summed E-state index contributed by atoms with van der Waals surface area (Å²) in [5.41, 5.74) is 3.02. The molecule has 1 amide bonds. The number of rotatable bonds is 4. The smallest absolute Gasteiger partial charge is 0.255 e. The van der Waals surface area contributed by atoms with E-state index in [0.717, 1.165) is 30.6 Å². The molecule has 4 nitrogen and oxygen atoms in total. The lowest BCUT2D eigenvalue weighted by Crippen LogP contribution is -2.31. The normalized spacial score (nSPS) is 13.7. The molecule has 0 atom stereocenters. The third kappa shape index (κ3) is 2.64. The highest BCUT2D eigenvalue weighted by Gasteiger charge is 2.19. The van der Waals surface area contributed by atoms with Crippen LogP contribution < -0.4 is 5.32 Å². The van der Waals surface area contributed by atoms with Crippen LogP contribution in [0.1, 0.15) is 22.3 Å². The van der Waals surface area contributed by atoms with Gasteiger partial charge in [-0.15, -0.1) is 0 Å². The maximum Gasteiger partial charge on any atom is 0.255 e. The topological polar surface area (TPSA) is 41.6 Å². The molecule has 0 aliphatic carbocycles. The van der Waals surface area contributed by atoms with Crippen LogP contribution in [0.25, 0.3) is 0 Å². The molecule has 18 heavy (non-hydrogen) atoms. The molecule has 0 radical (unpaired) electrons. The number of nitrogens with zero attached hydrogens (tertiary/aromatic N) is 1. The second-order valence-electron chi connectivity index (χ2n) is 4.59. The Kier molecular flexibility index (Phi) is 4.20. The van der Waals surface area contributed by atoms with Gasteiger partial charge in [0.25, 0.3) is 5.91 Å². The molecule has 0 aromatic heterocycles. The molecule has 1 aromatic carbocycles. The molecule has 0 saturated carbocycles. The molecule has 1 aliphatic rings. The van der Waals surface area contributed by atoms with Gasteiger partial charge >= 0.3 is 0 Å². The first-order valence-electron chi connectivity index (χ1n) is 6.34. The van der Waals surface area contributed by atoms with Gasteiger partial charge in [-0.25, -0.2) is 0 Å². The minimum Gasteiger partial charge on any atom is -0.384 e. The molecule has 1 heterocycles. The van der Waals surface area contributed by atoms with Crippen LogP contribution in [0, 0.1) is 0 Å². The summed E-state index contributed by atoms with van der Waals surface area (Å²) in [6.45, 7) is 2.11. The van der Waals surface area contributed by atoms with Crippen LogP contribution in [-0.2, 0) is 11.2 Å². The third-order valence-electron chi connectivity index (χ3n) is 3.28. The van der Waals surface area contributed by atoms with E-state index in [4.69, 9.17) is 4.74 Å². The fraction of sp³-hybridized carbons (Fsp3) is 0.500. The monoisotopic (exact) mass is 248 g/mol. The van der Waals surface area contributed by atoms with Crippen molar-refractivity contribution in [3.05, 3.63) is 29.3 Å². The standard InChI is InChI=1S/C14H20N2O2/c1-16(9-10-18-2)14(17)12-7-3-5-11-6-4-8-15-13(11)12/h3,5,7,15H,4,6,8-10H2,1-2H3. The Labute approximate surface area is 108 Å². The number of aryl methyl sites for hydroxylation is 1. The maximum atomic E-state index is 12.4. The van der Waals surface area contributed by atoms with E-state index in [-0.39, 0.29) is 5.91 Å². The van der Waals surface area contributed by atoms with Crippen LogP contribution >= 0.6 is 0 Å². The van der Waals surface area contributed by atoms with E-state index in [9.17, 15) is 4.79 Å². The van der Waals surface area contributed by atoms with E-state index in [0.29, 0.717) is 13.2 Å². The predicted octanol–water partition coefficient (Wildman–Crippen LogP) is 1.76. The molecular weight excluding hydrogens is 228 g/mol. The average Bonchev–Trinajstić information content (AvgIpc) is 2.43. The van der Waals surface area contributed by atoms with Gasteiger partial charge in [-0.05, 0) is 24.5 Å². The number of hydrogen-bond donors (Lipinski definition) is 1. The van der Waals surface area contributed by atoms with E-state index >= 15 is 0 Å². The SMILES string of the molecule is COCCN(C)C(=O)c1cccc2c1NCCC2. The van der Waals surface area contributed by atoms with Gasteiger partial charge in [0.1, 0.15) is 0 Å². The van der Waals surface area contributed by atoms with Crippen molar-refractivity contribution in [2.45, 2.75) is 12.8 Å². The van der Waals surface area contributed by atoms with Gasteiger partial charge in [0, 0.05) is 27.2 Å². The van der Waals surface area contributed by atoms with E-state index < -0.39 is 0 Å². The second-order valence-corrected chi connectivity index (χ2v) is 4.59. The van der Waals surface area contributed by atoms with Gasteiger partial charge < -0.3 is 15.0 Å². The Balaban J connectivity index is 2.19. The zero-order valence-corrected chi connectivity index (χ0v) is 11.0.